The van der Waals surface area contributed by atoms with Crippen LogP contribution in [0.3, 0.4) is 0 Å². The summed E-state index contributed by atoms with van der Waals surface area (Å²) in [6.45, 7) is 2.30. The topological polar surface area (TPSA) is 111 Å². The van der Waals surface area contributed by atoms with Crippen LogP contribution in [0.1, 0.15) is 4.88 Å². The maximum Gasteiger partial charge on any atom is 0.313 e. The number of nitrogens with one attached hydrogen (secondary N) is 1. The molecule has 0 unspecified atom stereocenters. The SMILES string of the molecule is O=C(COc1nsnc1N1CCOCC1)N/N=C/c1sc(=O)n(-c2ccccc2)c1Cl. The van der Waals surface area contributed by atoms with Crippen molar-refractivity contribution >= 4 is 52.6 Å². The van der Waals surface area contributed by atoms with E-state index in [9.17, 15) is 9.59 Å². The Morgan fingerprint density at radius 2 is 2.06 bits per heavy atom. The molecule has 1 aliphatic heterocycles. The lowest BCUT2D eigenvalue weighted by Gasteiger charge is -2.26. The number of anilines is 1. The summed E-state index contributed by atoms with van der Waals surface area (Å²) in [6, 6.07) is 9.02. The van der Waals surface area contributed by atoms with Gasteiger partial charge < -0.3 is 14.4 Å². The Bertz CT molecular complexity index is 1120. The summed E-state index contributed by atoms with van der Waals surface area (Å²) in [5, 5.41) is 4.09. The lowest BCUT2D eigenvalue weighted by Crippen LogP contribution is -2.36. The Morgan fingerprint density at radius 1 is 1.29 bits per heavy atom. The summed E-state index contributed by atoms with van der Waals surface area (Å²) in [7, 11) is 0. The molecule has 0 spiro atoms. The Labute approximate surface area is 190 Å². The van der Waals surface area contributed by atoms with Gasteiger partial charge in [0, 0.05) is 13.1 Å². The van der Waals surface area contributed by atoms with E-state index in [0.29, 0.717) is 48.6 Å². The molecule has 1 N–H and O–H groups in total. The normalized spacial score (nSPS) is 14.2. The highest BCUT2D eigenvalue weighted by Gasteiger charge is 2.20. The van der Waals surface area contributed by atoms with Gasteiger partial charge in [0.25, 0.3) is 11.8 Å². The molecule has 0 atom stereocenters. The monoisotopic (exact) mass is 480 g/mol. The van der Waals surface area contributed by atoms with Crippen molar-refractivity contribution < 1.29 is 14.3 Å². The van der Waals surface area contributed by atoms with Gasteiger partial charge in [-0.05, 0) is 12.1 Å². The summed E-state index contributed by atoms with van der Waals surface area (Å²) in [6.07, 6.45) is 1.33. The lowest BCUT2D eigenvalue weighted by atomic mass is 10.3. The third-order valence-corrected chi connectivity index (χ3v) is 6.12. The highest BCUT2D eigenvalue weighted by Crippen LogP contribution is 2.26. The molecule has 0 bridgehead atoms. The fraction of sp³-hybridized carbons (Fsp3) is 0.278. The van der Waals surface area contributed by atoms with Crippen molar-refractivity contribution in [2.24, 2.45) is 5.10 Å². The van der Waals surface area contributed by atoms with E-state index in [1.54, 1.807) is 12.1 Å². The zero-order valence-corrected chi connectivity index (χ0v) is 18.5. The largest absolute Gasteiger partial charge is 0.464 e. The van der Waals surface area contributed by atoms with E-state index < -0.39 is 5.91 Å². The molecular formula is C18H17ClN6O4S2. The molecule has 0 aliphatic carbocycles. The predicted octanol–water partition coefficient (Wildman–Crippen LogP) is 1.77. The Morgan fingerprint density at radius 3 is 2.84 bits per heavy atom. The summed E-state index contributed by atoms with van der Waals surface area (Å²) in [5.41, 5.74) is 3.00. The molecule has 13 heteroatoms. The van der Waals surface area contributed by atoms with Crippen LogP contribution in [-0.4, -0.2) is 58.3 Å². The number of hydrazone groups is 1. The smallest absolute Gasteiger partial charge is 0.313 e. The van der Waals surface area contributed by atoms with E-state index in [-0.39, 0.29) is 16.6 Å². The molecule has 3 heterocycles. The molecule has 3 aromatic rings. The first-order valence-electron chi connectivity index (χ1n) is 9.20. The predicted molar refractivity (Wildman–Crippen MR) is 119 cm³/mol. The summed E-state index contributed by atoms with van der Waals surface area (Å²) >= 11 is 8.26. The standard InChI is InChI=1S/C18H17ClN6O4S2/c19-15-13(30-18(27)25(15)12-4-2-1-3-5-12)10-20-21-14(26)11-29-17-16(22-31-23-17)24-6-8-28-9-7-24/h1-5,10H,6-9,11H2,(H,21,26)/b20-10+. The fourth-order valence-corrected chi connectivity index (χ4v) is 4.48. The zero-order chi connectivity index (χ0) is 21.6. The zero-order valence-electron chi connectivity index (χ0n) is 16.1. The van der Waals surface area contributed by atoms with E-state index >= 15 is 0 Å². The van der Waals surface area contributed by atoms with Crippen LogP contribution >= 0.6 is 34.7 Å². The molecule has 10 nitrogen and oxygen atoms in total. The second-order valence-corrected chi connectivity index (χ2v) is 8.15. The highest BCUT2D eigenvalue weighted by atomic mass is 35.5. The van der Waals surface area contributed by atoms with Crippen molar-refractivity contribution in [2.45, 2.75) is 0 Å². The molecule has 1 fully saturated rings. The van der Waals surface area contributed by atoms with Gasteiger partial charge >= 0.3 is 4.87 Å². The van der Waals surface area contributed by atoms with Gasteiger partial charge in [-0.2, -0.15) is 9.47 Å². The number of carbonyl (C=O) groups is 1. The number of morpholine rings is 1. The van der Waals surface area contributed by atoms with E-state index in [2.05, 4.69) is 19.3 Å². The molecular weight excluding hydrogens is 464 g/mol. The summed E-state index contributed by atoms with van der Waals surface area (Å²) in [4.78, 5) is 26.5. The van der Waals surface area contributed by atoms with Gasteiger partial charge in [-0.15, -0.1) is 4.37 Å². The van der Waals surface area contributed by atoms with Gasteiger partial charge in [-0.25, -0.2) is 5.43 Å². The average molecular weight is 481 g/mol. The van der Waals surface area contributed by atoms with Crippen molar-refractivity contribution in [1.82, 2.24) is 18.7 Å². The molecule has 1 aromatic carbocycles. The average Bonchev–Trinajstić information content (AvgIpc) is 3.37. The van der Waals surface area contributed by atoms with Gasteiger partial charge in [0.1, 0.15) is 5.15 Å². The van der Waals surface area contributed by atoms with Crippen LogP contribution in [0.5, 0.6) is 5.88 Å². The number of benzene rings is 1. The van der Waals surface area contributed by atoms with Crippen molar-refractivity contribution in [3.63, 3.8) is 0 Å². The molecule has 31 heavy (non-hydrogen) atoms. The molecule has 162 valence electrons. The van der Waals surface area contributed by atoms with Crippen molar-refractivity contribution in [2.75, 3.05) is 37.8 Å². The second-order valence-electron chi connectivity index (χ2n) is 6.27. The number of amides is 1. The number of hydrogen-bond acceptors (Lipinski definition) is 10. The number of para-hydroxylation sites is 1. The van der Waals surface area contributed by atoms with Crippen molar-refractivity contribution in [1.29, 1.82) is 0 Å². The van der Waals surface area contributed by atoms with E-state index in [1.165, 1.54) is 10.8 Å². The van der Waals surface area contributed by atoms with Crippen molar-refractivity contribution in [3.8, 4) is 11.6 Å². The van der Waals surface area contributed by atoms with Crippen LogP contribution in [0.15, 0.2) is 40.2 Å². The Balaban J connectivity index is 1.34. The van der Waals surface area contributed by atoms with E-state index in [1.807, 2.05) is 23.1 Å². The number of aromatic nitrogens is 3. The van der Waals surface area contributed by atoms with Crippen LogP contribution in [0.4, 0.5) is 5.82 Å². The molecule has 2 aromatic heterocycles. The number of rotatable bonds is 7. The molecule has 0 saturated carbocycles. The maximum atomic E-state index is 12.3. The Kier molecular flexibility index (Phi) is 6.92. The molecule has 1 saturated heterocycles. The first kappa shape index (κ1) is 21.4. The third kappa shape index (κ3) is 5.10. The van der Waals surface area contributed by atoms with Gasteiger partial charge in [0.05, 0.1) is 41.7 Å². The summed E-state index contributed by atoms with van der Waals surface area (Å²) in [5.74, 6) is 0.416. The van der Waals surface area contributed by atoms with Gasteiger partial charge in [-0.1, -0.05) is 41.1 Å². The second kappa shape index (κ2) is 10.0. The molecule has 4 rings (SSSR count). The first-order valence-corrected chi connectivity index (χ1v) is 11.1. The Hall–Kier alpha value is -2.80. The minimum Gasteiger partial charge on any atom is -0.464 e. The molecule has 1 amide bonds. The van der Waals surface area contributed by atoms with Crippen LogP contribution in [0.25, 0.3) is 5.69 Å². The van der Waals surface area contributed by atoms with Gasteiger partial charge in [0.2, 0.25) is 5.82 Å². The lowest BCUT2D eigenvalue weighted by molar-refractivity contribution is -0.123. The first-order chi connectivity index (χ1) is 15.1. The number of nitrogens with zero attached hydrogens (tertiary/aromatic N) is 5. The maximum absolute atomic E-state index is 12.3. The van der Waals surface area contributed by atoms with Crippen LogP contribution in [-0.2, 0) is 9.53 Å². The number of thiazole rings is 1. The third-order valence-electron chi connectivity index (χ3n) is 4.26. The highest BCUT2D eigenvalue weighted by molar-refractivity contribution is 7.11. The number of ether oxygens (including phenoxy) is 2. The molecule has 1 aliphatic rings. The van der Waals surface area contributed by atoms with Gasteiger partial charge in [0.15, 0.2) is 6.61 Å². The van der Waals surface area contributed by atoms with Crippen LogP contribution < -0.4 is 19.9 Å². The van der Waals surface area contributed by atoms with Crippen molar-refractivity contribution in [3.05, 3.63) is 50.0 Å². The summed E-state index contributed by atoms with van der Waals surface area (Å²) < 4.78 is 20.5. The molecule has 0 radical (unpaired) electrons. The van der Waals surface area contributed by atoms with Crippen LogP contribution in [0.2, 0.25) is 5.15 Å². The number of halogens is 1. The minimum atomic E-state index is -0.483. The van der Waals surface area contributed by atoms with E-state index in [4.69, 9.17) is 21.1 Å². The van der Waals surface area contributed by atoms with Crippen LogP contribution in [0, 0.1) is 0 Å². The number of hydrogen-bond donors (Lipinski definition) is 1. The minimum absolute atomic E-state index is 0.221. The fourth-order valence-electron chi connectivity index (χ4n) is 2.81. The number of carbonyl (C=O) groups excluding carboxylic acids is 1. The van der Waals surface area contributed by atoms with E-state index in [0.717, 1.165) is 23.1 Å². The quantitative estimate of drug-likeness (QED) is 0.405. The van der Waals surface area contributed by atoms with Gasteiger partial charge in [-0.3, -0.25) is 14.2 Å².